The topological polar surface area (TPSA) is 12.0 Å². The first-order chi connectivity index (χ1) is 10.2. The summed E-state index contributed by atoms with van der Waals surface area (Å²) in [6.45, 7) is 9.19. The molecule has 0 amide bonds. The highest BCUT2D eigenvalue weighted by molar-refractivity contribution is 5.27. The second-order valence-corrected chi connectivity index (χ2v) is 7.16. The van der Waals surface area contributed by atoms with Gasteiger partial charge in [-0.1, -0.05) is 64.3 Å². The summed E-state index contributed by atoms with van der Waals surface area (Å²) < 4.78 is 0. The molecule has 0 saturated heterocycles. The van der Waals surface area contributed by atoms with E-state index in [1.54, 1.807) is 5.56 Å². The molecule has 1 fully saturated rings. The maximum absolute atomic E-state index is 3.71. The second kappa shape index (κ2) is 8.58. The average molecular weight is 287 g/mol. The maximum atomic E-state index is 3.71. The Bertz CT molecular complexity index is 410. The van der Waals surface area contributed by atoms with Gasteiger partial charge >= 0.3 is 0 Å². The van der Waals surface area contributed by atoms with Gasteiger partial charge in [-0.2, -0.15) is 0 Å². The van der Waals surface area contributed by atoms with Gasteiger partial charge in [-0.25, -0.2) is 0 Å². The molecule has 1 aromatic carbocycles. The minimum atomic E-state index is 0.748. The average Bonchev–Trinajstić information content (AvgIpc) is 2.72. The van der Waals surface area contributed by atoms with Gasteiger partial charge in [-0.3, -0.25) is 0 Å². The quantitative estimate of drug-likeness (QED) is 0.713. The number of benzene rings is 1. The summed E-state index contributed by atoms with van der Waals surface area (Å²) in [5.74, 6) is 2.33. The van der Waals surface area contributed by atoms with Crippen molar-refractivity contribution in [2.45, 2.75) is 65.2 Å². The minimum Gasteiger partial charge on any atom is -0.316 e. The standard InChI is InChI=1S/C20H33N/c1-4-17-9-8-11-18(13-17)20-12-7-5-6-10-19(20)15-21-14-16(2)3/h8-9,11,13,16,19-21H,4-7,10,12,14-15H2,1-3H3. The molecule has 0 aromatic heterocycles. The smallest absolute Gasteiger partial charge is 0.00146 e. The Hall–Kier alpha value is -0.820. The molecular weight excluding hydrogens is 254 g/mol. The lowest BCUT2D eigenvalue weighted by Crippen LogP contribution is -2.29. The van der Waals surface area contributed by atoms with Crippen LogP contribution in [0.25, 0.3) is 0 Å². The molecule has 0 aliphatic heterocycles. The Balaban J connectivity index is 2.07. The molecule has 1 aliphatic carbocycles. The summed E-state index contributed by atoms with van der Waals surface area (Å²) >= 11 is 0. The molecule has 0 bridgehead atoms. The second-order valence-electron chi connectivity index (χ2n) is 7.16. The molecule has 1 aromatic rings. The van der Waals surface area contributed by atoms with Crippen molar-refractivity contribution in [1.82, 2.24) is 5.32 Å². The first kappa shape index (κ1) is 16.5. The van der Waals surface area contributed by atoms with E-state index in [0.29, 0.717) is 0 Å². The van der Waals surface area contributed by atoms with E-state index < -0.39 is 0 Å². The van der Waals surface area contributed by atoms with Crippen molar-refractivity contribution in [2.24, 2.45) is 11.8 Å². The fraction of sp³-hybridized carbons (Fsp3) is 0.700. The van der Waals surface area contributed by atoms with Gasteiger partial charge in [0, 0.05) is 0 Å². The molecule has 0 heterocycles. The van der Waals surface area contributed by atoms with E-state index >= 15 is 0 Å². The van der Waals surface area contributed by atoms with Crippen LogP contribution in [0, 0.1) is 11.8 Å². The highest BCUT2D eigenvalue weighted by atomic mass is 14.9. The van der Waals surface area contributed by atoms with Crippen molar-refractivity contribution in [1.29, 1.82) is 0 Å². The van der Waals surface area contributed by atoms with Gasteiger partial charge in [0.05, 0.1) is 0 Å². The minimum absolute atomic E-state index is 0.748. The summed E-state index contributed by atoms with van der Waals surface area (Å²) in [4.78, 5) is 0. The third-order valence-electron chi connectivity index (χ3n) is 4.91. The molecule has 2 atom stereocenters. The van der Waals surface area contributed by atoms with E-state index in [0.717, 1.165) is 30.7 Å². The number of hydrogen-bond donors (Lipinski definition) is 1. The predicted octanol–water partition coefficient (Wildman–Crippen LogP) is 5.16. The maximum Gasteiger partial charge on any atom is -0.00146 e. The van der Waals surface area contributed by atoms with E-state index in [-0.39, 0.29) is 0 Å². The van der Waals surface area contributed by atoms with Gasteiger partial charge in [-0.05, 0) is 61.2 Å². The zero-order valence-corrected chi connectivity index (χ0v) is 14.2. The van der Waals surface area contributed by atoms with Crippen LogP contribution in [0.4, 0.5) is 0 Å². The summed E-state index contributed by atoms with van der Waals surface area (Å²) in [6.07, 6.45) is 8.16. The van der Waals surface area contributed by atoms with Crippen molar-refractivity contribution in [3.05, 3.63) is 35.4 Å². The molecule has 0 spiro atoms. The molecule has 1 aliphatic rings. The fourth-order valence-electron chi connectivity index (χ4n) is 3.67. The number of hydrogen-bond acceptors (Lipinski definition) is 1. The Morgan fingerprint density at radius 1 is 1.14 bits per heavy atom. The molecule has 2 rings (SSSR count). The van der Waals surface area contributed by atoms with Crippen LogP contribution in [0.15, 0.2) is 24.3 Å². The van der Waals surface area contributed by atoms with Gasteiger partial charge in [0.2, 0.25) is 0 Å². The Kier molecular flexibility index (Phi) is 6.76. The van der Waals surface area contributed by atoms with Gasteiger partial charge in [-0.15, -0.1) is 0 Å². The van der Waals surface area contributed by atoms with Crippen LogP contribution in [0.3, 0.4) is 0 Å². The molecule has 1 nitrogen and oxygen atoms in total. The molecule has 1 N–H and O–H groups in total. The number of nitrogens with one attached hydrogen (secondary N) is 1. The Labute approximate surface area is 131 Å². The summed E-state index contributed by atoms with van der Waals surface area (Å²) in [5, 5.41) is 3.71. The van der Waals surface area contributed by atoms with Crippen LogP contribution in [-0.4, -0.2) is 13.1 Å². The van der Waals surface area contributed by atoms with Gasteiger partial charge in [0.1, 0.15) is 0 Å². The molecule has 0 radical (unpaired) electrons. The Morgan fingerprint density at radius 3 is 2.71 bits per heavy atom. The van der Waals surface area contributed by atoms with Crippen LogP contribution in [0.2, 0.25) is 0 Å². The summed E-state index contributed by atoms with van der Waals surface area (Å²) in [5.41, 5.74) is 3.08. The SMILES string of the molecule is CCc1cccc(C2CCCCCC2CNCC(C)C)c1. The van der Waals surface area contributed by atoms with Crippen LogP contribution in [-0.2, 0) is 6.42 Å². The van der Waals surface area contributed by atoms with Crippen LogP contribution >= 0.6 is 0 Å². The van der Waals surface area contributed by atoms with E-state index in [4.69, 9.17) is 0 Å². The molecule has 21 heavy (non-hydrogen) atoms. The molecule has 118 valence electrons. The van der Waals surface area contributed by atoms with Crippen LogP contribution in [0.1, 0.15) is 69.9 Å². The molecule has 1 saturated carbocycles. The van der Waals surface area contributed by atoms with Crippen molar-refractivity contribution >= 4 is 0 Å². The van der Waals surface area contributed by atoms with Gasteiger partial charge in [0.25, 0.3) is 0 Å². The van der Waals surface area contributed by atoms with E-state index in [1.807, 2.05) is 0 Å². The largest absolute Gasteiger partial charge is 0.316 e. The summed E-state index contributed by atoms with van der Waals surface area (Å²) in [7, 11) is 0. The number of aryl methyl sites for hydroxylation is 1. The van der Waals surface area contributed by atoms with Crippen molar-refractivity contribution in [3.63, 3.8) is 0 Å². The third-order valence-corrected chi connectivity index (χ3v) is 4.91. The number of rotatable bonds is 6. The van der Waals surface area contributed by atoms with E-state index in [1.165, 1.54) is 44.2 Å². The third kappa shape index (κ3) is 5.14. The highest BCUT2D eigenvalue weighted by Gasteiger charge is 2.25. The van der Waals surface area contributed by atoms with E-state index in [9.17, 15) is 0 Å². The Morgan fingerprint density at radius 2 is 1.95 bits per heavy atom. The van der Waals surface area contributed by atoms with Crippen LogP contribution < -0.4 is 5.32 Å². The molecular formula is C20H33N. The molecule has 2 unspecified atom stereocenters. The van der Waals surface area contributed by atoms with Gasteiger partial charge < -0.3 is 5.32 Å². The zero-order chi connectivity index (χ0) is 15.1. The normalized spacial score (nSPS) is 23.2. The van der Waals surface area contributed by atoms with Gasteiger partial charge in [0.15, 0.2) is 0 Å². The van der Waals surface area contributed by atoms with Crippen molar-refractivity contribution in [3.8, 4) is 0 Å². The predicted molar refractivity (Wildman–Crippen MR) is 92.8 cm³/mol. The lowest BCUT2D eigenvalue weighted by molar-refractivity contribution is 0.366. The van der Waals surface area contributed by atoms with Crippen LogP contribution in [0.5, 0.6) is 0 Å². The zero-order valence-electron chi connectivity index (χ0n) is 14.2. The van der Waals surface area contributed by atoms with E-state index in [2.05, 4.69) is 50.4 Å². The first-order valence-electron chi connectivity index (χ1n) is 9.00. The van der Waals surface area contributed by atoms with Crippen molar-refractivity contribution < 1.29 is 0 Å². The first-order valence-corrected chi connectivity index (χ1v) is 9.00. The fourth-order valence-corrected chi connectivity index (χ4v) is 3.67. The summed E-state index contributed by atoms with van der Waals surface area (Å²) in [6, 6.07) is 9.36. The lowest BCUT2D eigenvalue weighted by atomic mass is 9.81. The highest BCUT2D eigenvalue weighted by Crippen LogP contribution is 2.36. The lowest BCUT2D eigenvalue weighted by Gasteiger charge is -2.27. The molecule has 1 heteroatoms. The van der Waals surface area contributed by atoms with Crippen molar-refractivity contribution in [2.75, 3.05) is 13.1 Å². The monoisotopic (exact) mass is 287 g/mol.